The van der Waals surface area contributed by atoms with Gasteiger partial charge in [-0.1, -0.05) is 26.2 Å². The maximum Gasteiger partial charge on any atom is 0.303 e. The summed E-state index contributed by atoms with van der Waals surface area (Å²) < 4.78 is 0. The van der Waals surface area contributed by atoms with Gasteiger partial charge < -0.3 is 5.11 Å². The van der Waals surface area contributed by atoms with Crippen LogP contribution in [0.1, 0.15) is 39.0 Å². The Kier molecular flexibility index (Phi) is 6.24. The Morgan fingerprint density at radius 1 is 1.40 bits per heavy atom. The van der Waals surface area contributed by atoms with Crippen molar-refractivity contribution in [3.63, 3.8) is 0 Å². The number of carboxylic acids is 1. The number of carbonyl (C=O) groups is 1. The van der Waals surface area contributed by atoms with Crippen LogP contribution in [-0.4, -0.2) is 11.1 Å². The van der Waals surface area contributed by atoms with Crippen LogP contribution < -0.4 is 0 Å². The third kappa shape index (κ3) is 7.47. The van der Waals surface area contributed by atoms with Gasteiger partial charge in [0.15, 0.2) is 0 Å². The lowest BCUT2D eigenvalue weighted by atomic mass is 10.1. The summed E-state index contributed by atoms with van der Waals surface area (Å²) in [6, 6.07) is 0. The lowest BCUT2D eigenvalue weighted by molar-refractivity contribution is -0.137. The van der Waals surface area contributed by atoms with Crippen LogP contribution in [0.5, 0.6) is 0 Å². The van der Waals surface area contributed by atoms with Gasteiger partial charge in [0, 0.05) is 6.42 Å². The lowest BCUT2D eigenvalue weighted by Crippen LogP contribution is -1.93. The van der Waals surface area contributed by atoms with E-state index in [9.17, 15) is 4.79 Å². The Labute approximate surface area is 62.2 Å². The molecular formula is C8H15O2. The number of hydrogen-bond donors (Lipinski definition) is 1. The molecule has 0 amide bonds. The zero-order chi connectivity index (χ0) is 7.82. The standard InChI is InChI=1S/C8H15O2/c1-2-3-4-5-6-7-8(9)10/h2H,3-7H2,1H3,(H,9,10). The number of aliphatic carboxylic acids is 1. The molecule has 0 saturated heterocycles. The van der Waals surface area contributed by atoms with Gasteiger partial charge in [0.05, 0.1) is 0 Å². The molecule has 0 aliphatic carbocycles. The Morgan fingerprint density at radius 2 is 2.10 bits per heavy atom. The molecule has 59 valence electrons. The smallest absolute Gasteiger partial charge is 0.303 e. The SMILES string of the molecule is C[CH]CCCCCC(=O)O. The second-order valence-corrected chi connectivity index (χ2v) is 2.40. The molecule has 1 N–H and O–H groups in total. The van der Waals surface area contributed by atoms with Crippen LogP contribution in [0.25, 0.3) is 0 Å². The normalized spacial score (nSPS) is 9.70. The van der Waals surface area contributed by atoms with Crippen LogP contribution in [0.3, 0.4) is 0 Å². The van der Waals surface area contributed by atoms with E-state index in [0.717, 1.165) is 25.7 Å². The van der Waals surface area contributed by atoms with E-state index in [-0.39, 0.29) is 0 Å². The highest BCUT2D eigenvalue weighted by molar-refractivity contribution is 5.66. The molecule has 0 atom stereocenters. The molecule has 0 aliphatic heterocycles. The molecule has 2 heteroatoms. The summed E-state index contributed by atoms with van der Waals surface area (Å²) >= 11 is 0. The molecule has 0 aromatic rings. The minimum atomic E-state index is -0.680. The summed E-state index contributed by atoms with van der Waals surface area (Å²) in [6.45, 7) is 2.02. The molecule has 10 heavy (non-hydrogen) atoms. The second kappa shape index (κ2) is 6.59. The molecule has 0 aromatic heterocycles. The van der Waals surface area contributed by atoms with E-state index in [4.69, 9.17) is 5.11 Å². The first-order valence-corrected chi connectivity index (χ1v) is 3.77. The van der Waals surface area contributed by atoms with E-state index >= 15 is 0 Å². The van der Waals surface area contributed by atoms with Crippen molar-refractivity contribution in [2.24, 2.45) is 0 Å². The summed E-state index contributed by atoms with van der Waals surface area (Å²) in [6.07, 6.45) is 6.54. The molecule has 0 fully saturated rings. The minimum Gasteiger partial charge on any atom is -0.481 e. The van der Waals surface area contributed by atoms with Crippen LogP contribution in [0.4, 0.5) is 0 Å². The predicted octanol–water partition coefficient (Wildman–Crippen LogP) is 2.25. The van der Waals surface area contributed by atoms with Crippen molar-refractivity contribution in [3.05, 3.63) is 6.42 Å². The third-order valence-corrected chi connectivity index (χ3v) is 1.38. The molecule has 0 spiro atoms. The highest BCUT2D eigenvalue weighted by Crippen LogP contribution is 2.03. The number of hydrogen-bond acceptors (Lipinski definition) is 1. The molecule has 1 radical (unpaired) electrons. The number of carboxylic acid groups (broad SMARTS) is 1. The van der Waals surface area contributed by atoms with Crippen molar-refractivity contribution >= 4 is 5.97 Å². The van der Waals surface area contributed by atoms with Gasteiger partial charge in [-0.05, 0) is 12.8 Å². The highest BCUT2D eigenvalue weighted by atomic mass is 16.4. The summed E-state index contributed by atoms with van der Waals surface area (Å²) in [5, 5.41) is 8.26. The third-order valence-electron chi connectivity index (χ3n) is 1.38. The fourth-order valence-electron chi connectivity index (χ4n) is 0.801. The summed E-state index contributed by atoms with van der Waals surface area (Å²) in [7, 11) is 0. The van der Waals surface area contributed by atoms with Crippen LogP contribution in [0.2, 0.25) is 0 Å². The summed E-state index contributed by atoms with van der Waals surface area (Å²) in [5.41, 5.74) is 0. The van der Waals surface area contributed by atoms with Gasteiger partial charge >= 0.3 is 5.97 Å². The van der Waals surface area contributed by atoms with Crippen LogP contribution in [-0.2, 0) is 4.79 Å². The largest absolute Gasteiger partial charge is 0.481 e. The van der Waals surface area contributed by atoms with Gasteiger partial charge in [-0.3, -0.25) is 4.79 Å². The predicted molar refractivity (Wildman–Crippen MR) is 40.7 cm³/mol. The van der Waals surface area contributed by atoms with E-state index in [1.807, 2.05) is 6.92 Å². The summed E-state index contributed by atoms with van der Waals surface area (Å²) in [5.74, 6) is -0.680. The summed E-state index contributed by atoms with van der Waals surface area (Å²) in [4.78, 5) is 10.0. The van der Waals surface area contributed by atoms with Crippen molar-refractivity contribution in [2.75, 3.05) is 0 Å². The molecule has 0 saturated carbocycles. The molecule has 2 nitrogen and oxygen atoms in total. The van der Waals surface area contributed by atoms with Gasteiger partial charge in [-0.15, -0.1) is 0 Å². The Morgan fingerprint density at radius 3 is 2.60 bits per heavy atom. The van der Waals surface area contributed by atoms with Gasteiger partial charge in [0.1, 0.15) is 0 Å². The molecule has 0 rings (SSSR count). The average molecular weight is 143 g/mol. The first-order chi connectivity index (χ1) is 4.77. The fraction of sp³-hybridized carbons (Fsp3) is 0.750. The number of rotatable bonds is 6. The Balaban J connectivity index is 2.84. The van der Waals surface area contributed by atoms with E-state index in [1.54, 1.807) is 0 Å². The quantitative estimate of drug-likeness (QED) is 0.579. The molecule has 0 bridgehead atoms. The first kappa shape index (κ1) is 9.47. The van der Waals surface area contributed by atoms with Crippen molar-refractivity contribution in [2.45, 2.75) is 39.0 Å². The lowest BCUT2D eigenvalue weighted by Gasteiger charge is -1.95. The molecule has 0 aromatic carbocycles. The molecule has 0 unspecified atom stereocenters. The Bertz CT molecular complexity index is 89.3. The first-order valence-electron chi connectivity index (χ1n) is 3.77. The maximum atomic E-state index is 10.0. The number of unbranched alkanes of at least 4 members (excludes halogenated alkanes) is 4. The van der Waals surface area contributed by atoms with Gasteiger partial charge in [-0.25, -0.2) is 0 Å². The van der Waals surface area contributed by atoms with Crippen molar-refractivity contribution in [1.29, 1.82) is 0 Å². The Hall–Kier alpha value is -0.530. The van der Waals surface area contributed by atoms with E-state index < -0.39 is 5.97 Å². The highest BCUT2D eigenvalue weighted by Gasteiger charge is 1.94. The van der Waals surface area contributed by atoms with Gasteiger partial charge in [0.25, 0.3) is 0 Å². The molecule has 0 heterocycles. The van der Waals surface area contributed by atoms with Gasteiger partial charge in [-0.2, -0.15) is 0 Å². The van der Waals surface area contributed by atoms with E-state index in [2.05, 4.69) is 6.42 Å². The average Bonchev–Trinajstić information content (AvgIpc) is 1.87. The molecule has 0 aliphatic rings. The zero-order valence-electron chi connectivity index (χ0n) is 6.47. The van der Waals surface area contributed by atoms with Crippen molar-refractivity contribution in [1.82, 2.24) is 0 Å². The maximum absolute atomic E-state index is 10.0. The monoisotopic (exact) mass is 143 g/mol. The van der Waals surface area contributed by atoms with Crippen molar-refractivity contribution < 1.29 is 9.90 Å². The molecular weight excluding hydrogens is 128 g/mol. The van der Waals surface area contributed by atoms with E-state index in [0.29, 0.717) is 6.42 Å². The topological polar surface area (TPSA) is 37.3 Å². The van der Waals surface area contributed by atoms with Crippen molar-refractivity contribution in [3.8, 4) is 0 Å². The van der Waals surface area contributed by atoms with Crippen LogP contribution in [0, 0.1) is 6.42 Å². The van der Waals surface area contributed by atoms with E-state index in [1.165, 1.54) is 0 Å². The minimum absolute atomic E-state index is 0.323. The van der Waals surface area contributed by atoms with Gasteiger partial charge in [0.2, 0.25) is 0 Å². The fourth-order valence-corrected chi connectivity index (χ4v) is 0.801. The van der Waals surface area contributed by atoms with Crippen LogP contribution >= 0.6 is 0 Å². The second-order valence-electron chi connectivity index (χ2n) is 2.40. The zero-order valence-corrected chi connectivity index (χ0v) is 6.47. The van der Waals surface area contributed by atoms with Crippen LogP contribution in [0.15, 0.2) is 0 Å².